The lowest BCUT2D eigenvalue weighted by Gasteiger charge is -2.31. The van der Waals surface area contributed by atoms with Gasteiger partial charge in [-0.1, -0.05) is 218 Å². The minimum Gasteiger partial charge on any atom is -0.150 e. The Morgan fingerprint density at radius 3 is 0.733 bits per heavy atom. The number of hydrogen-bond donors (Lipinski definition) is 0. The second kappa shape index (κ2) is 13.9. The third kappa shape index (κ3) is 4.56. The summed E-state index contributed by atoms with van der Waals surface area (Å²) in [6.45, 7) is 0. The minimum atomic E-state index is -0.625. The van der Waals surface area contributed by atoms with Gasteiger partial charge in [0.2, 0.25) is 0 Å². The van der Waals surface area contributed by atoms with E-state index in [0.717, 1.165) is 45.0 Å². The predicted molar refractivity (Wildman–Crippen MR) is 297 cm³/mol. The highest BCUT2D eigenvalue weighted by molar-refractivity contribution is 5.99. The van der Waals surface area contributed by atoms with Gasteiger partial charge in [-0.05, 0) is 124 Å². The molecular weight excluding hydrogens is 909 g/mol. The molecule has 4 heteroatoms. The maximum Gasteiger partial charge on any atom is 0.0981 e. The molecule has 0 N–H and O–H groups in total. The second-order valence-electron chi connectivity index (χ2n) is 21.1. The Labute approximate surface area is 433 Å². The van der Waals surface area contributed by atoms with Crippen LogP contribution in [0.5, 0.6) is 0 Å². The molecule has 0 radical (unpaired) electrons. The molecule has 2 heterocycles. The maximum atomic E-state index is 5.21. The van der Waals surface area contributed by atoms with Crippen LogP contribution in [0.2, 0.25) is 0 Å². The van der Waals surface area contributed by atoms with Gasteiger partial charge in [0, 0.05) is 33.4 Å². The summed E-state index contributed by atoms with van der Waals surface area (Å²) in [4.78, 5) is 0. The van der Waals surface area contributed by atoms with Crippen LogP contribution < -0.4 is 0 Å². The summed E-state index contributed by atoms with van der Waals surface area (Å²) in [5, 5.41) is 20.7. The van der Waals surface area contributed by atoms with E-state index < -0.39 is 16.2 Å². The highest BCUT2D eigenvalue weighted by atomic mass is 15.1. The minimum absolute atomic E-state index is 0.523. The van der Waals surface area contributed by atoms with Gasteiger partial charge in [0.1, 0.15) is 0 Å². The Hall–Kier alpha value is -9.64. The lowest BCUT2D eigenvalue weighted by atomic mass is 9.69. The molecule has 10 aromatic carbocycles. The Morgan fingerprint density at radius 2 is 0.427 bits per heavy atom. The van der Waals surface area contributed by atoms with Crippen molar-refractivity contribution in [3.8, 4) is 89.5 Å². The van der Waals surface area contributed by atoms with Crippen LogP contribution in [0.3, 0.4) is 0 Å². The summed E-state index contributed by atoms with van der Waals surface area (Å²) in [5.41, 5.74) is 31.4. The Kier molecular flexibility index (Phi) is 7.39. The van der Waals surface area contributed by atoms with Crippen molar-refractivity contribution in [2.75, 3.05) is 0 Å². The molecule has 0 aliphatic heterocycles. The first kappa shape index (κ1) is 39.9. The van der Waals surface area contributed by atoms with Crippen LogP contribution >= 0.6 is 0 Å². The van der Waals surface area contributed by atoms with Crippen LogP contribution in [-0.4, -0.2) is 20.4 Å². The van der Waals surface area contributed by atoms with E-state index in [9.17, 15) is 0 Å². The van der Waals surface area contributed by atoms with Crippen molar-refractivity contribution in [1.82, 2.24) is 20.4 Å². The van der Waals surface area contributed by atoms with Crippen LogP contribution in [0.1, 0.15) is 66.8 Å². The van der Waals surface area contributed by atoms with Gasteiger partial charge in [0.15, 0.2) is 0 Å². The standard InChI is InChI=1S/C71H40N4/c1-9-25-53-43(17-1)44-18-2-10-26-54(44)69(53)59-31-15-7-23-51(59)67-63(69)39-65(72-74-67)41-33-35-49-47-21-5-13-29-57(47)71(61(49)37-41)58-30-14-6-22-48(58)50-36-34-42(38-62(50)71)66-40-64-68(75-73-66)52-24-8-16-32-60(52)70(64)55-27-11-3-19-45(55)46-20-4-12-28-56(46)70/h1-40H. The van der Waals surface area contributed by atoms with Crippen LogP contribution in [0, 0.1) is 0 Å². The zero-order chi connectivity index (χ0) is 48.8. The number of fused-ring (bicyclic) bond motifs is 30. The SMILES string of the molecule is c1ccc2c(c1)-c1ccc(-c3cc4c(nn3)-c3ccccc3C43c4ccccc4-c4ccccc43)cc1C21c2ccccc2-c2ccc(-c3cc4c(nn3)-c3ccccc3C43c4ccccc4-c4ccccc43)cc21. The van der Waals surface area contributed by atoms with Crippen molar-refractivity contribution in [2.45, 2.75) is 16.2 Å². The first-order chi connectivity index (χ1) is 37.2. The molecule has 12 aromatic rings. The summed E-state index contributed by atoms with van der Waals surface area (Å²) in [7, 11) is 0. The van der Waals surface area contributed by atoms with E-state index in [1.807, 2.05) is 0 Å². The van der Waals surface area contributed by atoms with Crippen molar-refractivity contribution in [3.63, 3.8) is 0 Å². The monoisotopic (exact) mass is 948 g/mol. The molecule has 75 heavy (non-hydrogen) atoms. The summed E-state index contributed by atoms with van der Waals surface area (Å²) < 4.78 is 0. The summed E-state index contributed by atoms with van der Waals surface area (Å²) in [6.07, 6.45) is 0. The van der Waals surface area contributed by atoms with Gasteiger partial charge in [-0.25, -0.2) is 0 Å². The Bertz CT molecular complexity index is 4160. The van der Waals surface area contributed by atoms with Gasteiger partial charge in [-0.15, -0.1) is 20.4 Å². The summed E-state index contributed by atoms with van der Waals surface area (Å²) >= 11 is 0. The summed E-state index contributed by atoms with van der Waals surface area (Å²) in [5.74, 6) is 0. The lowest BCUT2D eigenvalue weighted by Crippen LogP contribution is -2.26. The first-order valence-corrected chi connectivity index (χ1v) is 26.0. The highest BCUT2D eigenvalue weighted by Crippen LogP contribution is 2.66. The molecule has 0 saturated heterocycles. The third-order valence-corrected chi connectivity index (χ3v) is 18.2. The quantitative estimate of drug-likeness (QED) is 0.173. The Balaban J connectivity index is 0.848. The fourth-order valence-corrected chi connectivity index (χ4v) is 15.4. The lowest BCUT2D eigenvalue weighted by molar-refractivity contribution is 0.786. The van der Waals surface area contributed by atoms with E-state index >= 15 is 0 Å². The largest absolute Gasteiger partial charge is 0.150 e. The number of rotatable bonds is 2. The average Bonchev–Trinajstić information content (AvgIpc) is 4.41. The summed E-state index contributed by atoms with van der Waals surface area (Å²) in [6, 6.07) is 90.3. The average molecular weight is 949 g/mol. The molecule has 0 unspecified atom stereocenters. The van der Waals surface area contributed by atoms with Crippen LogP contribution in [0.15, 0.2) is 243 Å². The van der Waals surface area contributed by atoms with Crippen LogP contribution in [0.25, 0.3) is 89.5 Å². The molecule has 0 atom stereocenters. The Morgan fingerprint density at radius 1 is 0.187 bits per heavy atom. The van der Waals surface area contributed by atoms with E-state index in [4.69, 9.17) is 20.4 Å². The van der Waals surface area contributed by atoms with Crippen molar-refractivity contribution in [1.29, 1.82) is 0 Å². The first-order valence-electron chi connectivity index (χ1n) is 26.0. The van der Waals surface area contributed by atoms with Gasteiger partial charge in [-0.2, -0.15) is 0 Å². The molecule has 18 rings (SSSR count). The van der Waals surface area contributed by atoms with E-state index in [0.29, 0.717) is 0 Å². The number of nitrogens with zero attached hydrogens (tertiary/aromatic N) is 4. The molecule has 344 valence electrons. The molecule has 4 nitrogen and oxygen atoms in total. The number of benzene rings is 10. The normalized spacial score (nSPS) is 15.3. The molecule has 0 amide bonds. The van der Waals surface area contributed by atoms with Crippen molar-refractivity contribution < 1.29 is 0 Å². The van der Waals surface area contributed by atoms with E-state index in [1.165, 1.54) is 111 Å². The zero-order valence-electron chi connectivity index (χ0n) is 40.4. The van der Waals surface area contributed by atoms with Crippen molar-refractivity contribution in [2.24, 2.45) is 0 Å². The molecule has 2 aromatic heterocycles. The fourth-order valence-electron chi connectivity index (χ4n) is 15.4. The molecule has 0 bridgehead atoms. The molecule has 3 spiro atoms. The number of aromatic nitrogens is 4. The van der Waals surface area contributed by atoms with Gasteiger partial charge < -0.3 is 0 Å². The van der Waals surface area contributed by atoms with Crippen molar-refractivity contribution >= 4 is 0 Å². The fraction of sp³-hybridized carbons (Fsp3) is 0.0423. The molecule has 6 aliphatic rings. The van der Waals surface area contributed by atoms with E-state index in [2.05, 4.69) is 243 Å². The maximum absolute atomic E-state index is 5.21. The molecule has 0 fully saturated rings. The smallest absolute Gasteiger partial charge is 0.0981 e. The molecular formula is C71H40N4. The second-order valence-corrected chi connectivity index (χ2v) is 21.1. The van der Waals surface area contributed by atoms with E-state index in [-0.39, 0.29) is 0 Å². The van der Waals surface area contributed by atoms with Gasteiger partial charge in [0.05, 0.1) is 39.0 Å². The van der Waals surface area contributed by atoms with Gasteiger partial charge >= 0.3 is 0 Å². The molecule has 0 saturated carbocycles. The van der Waals surface area contributed by atoms with Crippen LogP contribution in [-0.2, 0) is 16.2 Å². The number of hydrogen-bond acceptors (Lipinski definition) is 4. The highest BCUT2D eigenvalue weighted by Gasteiger charge is 2.55. The van der Waals surface area contributed by atoms with Gasteiger partial charge in [-0.3, -0.25) is 0 Å². The van der Waals surface area contributed by atoms with E-state index in [1.54, 1.807) is 0 Å². The van der Waals surface area contributed by atoms with Crippen LogP contribution in [0.4, 0.5) is 0 Å². The predicted octanol–water partition coefficient (Wildman–Crippen LogP) is 15.6. The third-order valence-electron chi connectivity index (χ3n) is 18.2. The van der Waals surface area contributed by atoms with Gasteiger partial charge in [0.25, 0.3) is 0 Å². The molecule has 6 aliphatic carbocycles. The topological polar surface area (TPSA) is 51.6 Å². The van der Waals surface area contributed by atoms with Crippen molar-refractivity contribution in [3.05, 3.63) is 309 Å². The zero-order valence-corrected chi connectivity index (χ0v) is 40.4.